The highest BCUT2D eigenvalue weighted by Gasteiger charge is 2.35. The maximum absolute atomic E-state index is 12.3. The maximum atomic E-state index is 12.3. The van der Waals surface area contributed by atoms with E-state index in [1.165, 1.54) is 7.11 Å². The maximum Gasteiger partial charge on any atom is 0.305 e. The summed E-state index contributed by atoms with van der Waals surface area (Å²) in [5.74, 6) is -0.127. The first-order valence-electron chi connectivity index (χ1n) is 7.90. The highest BCUT2D eigenvalue weighted by atomic mass is 16.5. The van der Waals surface area contributed by atoms with Crippen LogP contribution in [-0.2, 0) is 19.1 Å². The van der Waals surface area contributed by atoms with Gasteiger partial charge in [-0.2, -0.15) is 0 Å². The van der Waals surface area contributed by atoms with Gasteiger partial charge in [-0.3, -0.25) is 14.5 Å². The first-order chi connectivity index (χ1) is 10.2. The number of esters is 1. The van der Waals surface area contributed by atoms with Crippen LogP contribution in [0.2, 0.25) is 0 Å². The number of nitrogens with one attached hydrogen (secondary N) is 1. The average molecular weight is 298 g/mol. The van der Waals surface area contributed by atoms with E-state index >= 15 is 0 Å². The summed E-state index contributed by atoms with van der Waals surface area (Å²) in [6.45, 7) is 3.14. The highest BCUT2D eigenvalue weighted by Crippen LogP contribution is 2.25. The quantitative estimate of drug-likeness (QED) is 0.577. The number of hydrogen-bond donors (Lipinski definition) is 1. The number of carbonyl (C=O) groups excluding carboxylic acids is 2. The Morgan fingerprint density at radius 1 is 1.29 bits per heavy atom. The van der Waals surface area contributed by atoms with Crippen molar-refractivity contribution in [3.63, 3.8) is 0 Å². The predicted molar refractivity (Wildman–Crippen MR) is 77.8 cm³/mol. The van der Waals surface area contributed by atoms with Crippen LogP contribution in [-0.4, -0.2) is 62.3 Å². The van der Waals surface area contributed by atoms with E-state index < -0.39 is 0 Å². The molecule has 0 radical (unpaired) electrons. The molecule has 0 bridgehead atoms. The van der Waals surface area contributed by atoms with Gasteiger partial charge in [0.1, 0.15) is 0 Å². The van der Waals surface area contributed by atoms with Crippen LogP contribution < -0.4 is 5.32 Å². The van der Waals surface area contributed by atoms with E-state index in [0.29, 0.717) is 25.4 Å². The van der Waals surface area contributed by atoms with Crippen molar-refractivity contribution in [2.24, 2.45) is 0 Å². The minimum Gasteiger partial charge on any atom is -0.469 e. The van der Waals surface area contributed by atoms with Gasteiger partial charge >= 0.3 is 5.97 Å². The summed E-state index contributed by atoms with van der Waals surface area (Å²) in [4.78, 5) is 25.7. The van der Waals surface area contributed by atoms with Crippen molar-refractivity contribution < 1.29 is 19.1 Å². The van der Waals surface area contributed by atoms with Crippen LogP contribution in [0.4, 0.5) is 0 Å². The number of amides is 1. The lowest BCUT2D eigenvalue weighted by Gasteiger charge is -2.34. The molecule has 0 aliphatic carbocycles. The van der Waals surface area contributed by atoms with Gasteiger partial charge in [-0.05, 0) is 38.6 Å². The van der Waals surface area contributed by atoms with Crippen LogP contribution >= 0.6 is 0 Å². The SMILES string of the molecule is COC(=O)CCCNC(=O)[C@H]1CCCN1C1CCOCC1. The van der Waals surface area contributed by atoms with Gasteiger partial charge in [0, 0.05) is 32.2 Å². The molecule has 1 N–H and O–H groups in total. The number of ether oxygens (including phenoxy) is 2. The molecular weight excluding hydrogens is 272 g/mol. The van der Waals surface area contributed by atoms with Gasteiger partial charge < -0.3 is 14.8 Å². The van der Waals surface area contributed by atoms with Crippen LogP contribution in [0.15, 0.2) is 0 Å². The molecule has 0 aromatic heterocycles. The highest BCUT2D eigenvalue weighted by molar-refractivity contribution is 5.82. The minimum absolute atomic E-state index is 0.00812. The van der Waals surface area contributed by atoms with Crippen molar-refractivity contribution in [3.05, 3.63) is 0 Å². The van der Waals surface area contributed by atoms with Gasteiger partial charge in [-0.1, -0.05) is 0 Å². The second-order valence-corrected chi connectivity index (χ2v) is 5.71. The summed E-state index contributed by atoms with van der Waals surface area (Å²) in [5.41, 5.74) is 0. The van der Waals surface area contributed by atoms with E-state index in [1.807, 2.05) is 0 Å². The van der Waals surface area contributed by atoms with Gasteiger partial charge in [0.05, 0.1) is 13.2 Å². The van der Waals surface area contributed by atoms with E-state index in [0.717, 1.165) is 45.4 Å². The van der Waals surface area contributed by atoms with Gasteiger partial charge in [0.15, 0.2) is 0 Å². The third kappa shape index (κ3) is 4.68. The first kappa shape index (κ1) is 16.2. The molecule has 0 saturated carbocycles. The minimum atomic E-state index is -0.228. The molecule has 21 heavy (non-hydrogen) atoms. The third-order valence-electron chi connectivity index (χ3n) is 4.34. The van der Waals surface area contributed by atoms with Crippen LogP contribution in [0.3, 0.4) is 0 Å². The number of methoxy groups -OCH3 is 1. The van der Waals surface area contributed by atoms with E-state index in [4.69, 9.17) is 4.74 Å². The summed E-state index contributed by atoms with van der Waals surface area (Å²) in [6, 6.07) is 0.471. The summed E-state index contributed by atoms with van der Waals surface area (Å²) in [5, 5.41) is 2.95. The Morgan fingerprint density at radius 2 is 2.05 bits per heavy atom. The number of carbonyl (C=O) groups is 2. The molecule has 2 aliphatic heterocycles. The molecule has 6 heteroatoms. The van der Waals surface area contributed by atoms with Crippen LogP contribution in [0.25, 0.3) is 0 Å². The number of nitrogens with zero attached hydrogens (tertiary/aromatic N) is 1. The molecule has 120 valence electrons. The van der Waals surface area contributed by atoms with Crippen LogP contribution in [0.5, 0.6) is 0 Å². The molecular formula is C15H26N2O4. The number of hydrogen-bond acceptors (Lipinski definition) is 5. The Labute approximate surface area is 126 Å². The van der Waals surface area contributed by atoms with Crippen molar-refractivity contribution in [2.45, 2.75) is 50.6 Å². The monoisotopic (exact) mass is 298 g/mol. The smallest absolute Gasteiger partial charge is 0.305 e. The molecule has 0 spiro atoms. The van der Waals surface area contributed by atoms with Gasteiger partial charge in [0.2, 0.25) is 5.91 Å². The molecule has 2 heterocycles. The van der Waals surface area contributed by atoms with Gasteiger partial charge in [-0.25, -0.2) is 0 Å². The lowest BCUT2D eigenvalue weighted by atomic mass is 10.1. The fraction of sp³-hybridized carbons (Fsp3) is 0.867. The van der Waals surface area contributed by atoms with Crippen molar-refractivity contribution in [2.75, 3.05) is 33.4 Å². The number of rotatable bonds is 6. The topological polar surface area (TPSA) is 67.9 Å². The van der Waals surface area contributed by atoms with Crippen molar-refractivity contribution in [1.29, 1.82) is 0 Å². The van der Waals surface area contributed by atoms with Crippen molar-refractivity contribution in [1.82, 2.24) is 10.2 Å². The lowest BCUT2D eigenvalue weighted by molar-refractivity contribution is -0.140. The first-order valence-corrected chi connectivity index (χ1v) is 7.90. The molecule has 1 amide bonds. The summed E-state index contributed by atoms with van der Waals surface area (Å²) in [7, 11) is 1.38. The Morgan fingerprint density at radius 3 is 2.76 bits per heavy atom. The Kier molecular flexibility index (Phi) is 6.45. The second-order valence-electron chi connectivity index (χ2n) is 5.71. The second kappa shape index (κ2) is 8.34. The Bertz CT molecular complexity index is 356. The van der Waals surface area contributed by atoms with Crippen LogP contribution in [0.1, 0.15) is 38.5 Å². The fourth-order valence-corrected chi connectivity index (χ4v) is 3.19. The van der Waals surface area contributed by atoms with Crippen molar-refractivity contribution >= 4 is 11.9 Å². The zero-order chi connectivity index (χ0) is 15.1. The zero-order valence-electron chi connectivity index (χ0n) is 12.8. The molecule has 6 nitrogen and oxygen atoms in total. The molecule has 0 aromatic rings. The Balaban J connectivity index is 1.73. The van der Waals surface area contributed by atoms with E-state index in [2.05, 4.69) is 15.0 Å². The molecule has 2 rings (SSSR count). The average Bonchev–Trinajstić information content (AvgIpc) is 3.01. The number of likely N-dealkylation sites (tertiary alicyclic amines) is 1. The summed E-state index contributed by atoms with van der Waals surface area (Å²) >= 11 is 0. The normalized spacial score (nSPS) is 24.0. The molecule has 0 unspecified atom stereocenters. The van der Waals surface area contributed by atoms with Crippen molar-refractivity contribution in [3.8, 4) is 0 Å². The molecule has 1 atom stereocenters. The Hall–Kier alpha value is -1.14. The largest absolute Gasteiger partial charge is 0.469 e. The van der Waals surface area contributed by atoms with E-state index in [-0.39, 0.29) is 17.9 Å². The molecule has 2 saturated heterocycles. The van der Waals surface area contributed by atoms with Crippen LogP contribution in [0, 0.1) is 0 Å². The van der Waals surface area contributed by atoms with Gasteiger partial charge in [-0.15, -0.1) is 0 Å². The van der Waals surface area contributed by atoms with Gasteiger partial charge in [0.25, 0.3) is 0 Å². The molecule has 2 fully saturated rings. The molecule has 2 aliphatic rings. The van der Waals surface area contributed by atoms with E-state index in [1.54, 1.807) is 0 Å². The fourth-order valence-electron chi connectivity index (χ4n) is 3.19. The third-order valence-corrected chi connectivity index (χ3v) is 4.34. The summed E-state index contributed by atoms with van der Waals surface area (Å²) in [6.07, 6.45) is 5.03. The zero-order valence-corrected chi connectivity index (χ0v) is 12.8. The lowest BCUT2D eigenvalue weighted by Crippen LogP contribution is -2.49. The molecule has 0 aromatic carbocycles. The standard InChI is InChI=1S/C15H26N2O4/c1-20-14(18)5-2-8-16-15(19)13-4-3-9-17(13)12-6-10-21-11-7-12/h12-13H,2-11H2,1H3,(H,16,19)/t13-/m1/s1. The van der Waals surface area contributed by atoms with E-state index in [9.17, 15) is 9.59 Å². The predicted octanol–water partition coefficient (Wildman–Crippen LogP) is 0.699. The summed E-state index contributed by atoms with van der Waals surface area (Å²) < 4.78 is 9.98.